The Balaban J connectivity index is 2.30. The molecule has 0 N–H and O–H groups in total. The van der Waals surface area contributed by atoms with Crippen molar-refractivity contribution in [1.82, 2.24) is 4.98 Å². The Morgan fingerprint density at radius 1 is 1.56 bits per heavy atom. The fraction of sp³-hybridized carbons (Fsp3) is 0.455. The van der Waals surface area contributed by atoms with Crippen LogP contribution in [-0.4, -0.2) is 42.7 Å². The van der Waals surface area contributed by atoms with Gasteiger partial charge in [0.15, 0.2) is 9.84 Å². The van der Waals surface area contributed by atoms with Crippen LogP contribution in [0.25, 0.3) is 0 Å². The van der Waals surface area contributed by atoms with E-state index in [4.69, 9.17) is 11.6 Å². The maximum absolute atomic E-state index is 11.9. The number of carbonyl (C=O) groups excluding carboxylic acids is 1. The van der Waals surface area contributed by atoms with Gasteiger partial charge in [0.25, 0.3) is 0 Å². The van der Waals surface area contributed by atoms with Crippen molar-refractivity contribution in [3.05, 3.63) is 24.5 Å². The predicted molar refractivity (Wildman–Crippen MR) is 69.5 cm³/mol. The molecule has 1 fully saturated rings. The van der Waals surface area contributed by atoms with Gasteiger partial charge in [-0.2, -0.15) is 0 Å². The standard InChI is InChI=1S/C11H13ClN2O3S/c12-6-11(15)14(9-2-1-4-13-7-9)10-3-5-18(16,17)8-10/h1-2,4,7,10H,3,5-6,8H2. The van der Waals surface area contributed by atoms with E-state index in [1.54, 1.807) is 18.3 Å². The van der Waals surface area contributed by atoms with Crippen molar-refractivity contribution in [2.75, 3.05) is 22.3 Å². The van der Waals surface area contributed by atoms with Gasteiger partial charge in [-0.3, -0.25) is 9.78 Å². The minimum atomic E-state index is -3.05. The lowest BCUT2D eigenvalue weighted by Gasteiger charge is -2.27. The minimum Gasteiger partial charge on any atom is -0.306 e. The highest BCUT2D eigenvalue weighted by Crippen LogP contribution is 2.24. The number of hydrogen-bond acceptors (Lipinski definition) is 4. The number of amides is 1. The van der Waals surface area contributed by atoms with Gasteiger partial charge >= 0.3 is 0 Å². The molecule has 0 spiro atoms. The summed E-state index contributed by atoms with van der Waals surface area (Å²) in [6, 6.07) is 3.08. The van der Waals surface area contributed by atoms with Crippen LogP contribution in [-0.2, 0) is 14.6 Å². The van der Waals surface area contributed by atoms with Gasteiger partial charge < -0.3 is 4.90 Å². The molecule has 1 unspecified atom stereocenters. The van der Waals surface area contributed by atoms with Gasteiger partial charge in [0, 0.05) is 6.20 Å². The molecule has 98 valence electrons. The summed E-state index contributed by atoms with van der Waals surface area (Å²) in [5.74, 6) is -0.369. The number of alkyl halides is 1. The van der Waals surface area contributed by atoms with Gasteiger partial charge in [0.05, 0.1) is 29.4 Å². The molecule has 5 nitrogen and oxygen atoms in total. The van der Waals surface area contributed by atoms with E-state index in [0.717, 1.165) is 0 Å². The molecule has 0 radical (unpaired) electrons. The summed E-state index contributed by atoms with van der Waals surface area (Å²) in [4.78, 5) is 17.3. The SMILES string of the molecule is O=C(CCl)N(c1cccnc1)C1CCS(=O)(=O)C1. The van der Waals surface area contributed by atoms with Gasteiger partial charge in [-0.1, -0.05) is 0 Å². The number of sulfone groups is 1. The summed E-state index contributed by atoms with van der Waals surface area (Å²) in [6.45, 7) is 0. The first-order chi connectivity index (χ1) is 8.53. The van der Waals surface area contributed by atoms with Crippen molar-refractivity contribution >= 4 is 33.0 Å². The lowest BCUT2D eigenvalue weighted by atomic mass is 10.2. The van der Waals surface area contributed by atoms with Gasteiger partial charge in [-0.15, -0.1) is 11.6 Å². The number of aromatic nitrogens is 1. The lowest BCUT2D eigenvalue weighted by molar-refractivity contribution is -0.116. The maximum atomic E-state index is 11.9. The van der Waals surface area contributed by atoms with Crippen LogP contribution in [0, 0.1) is 0 Å². The molecule has 18 heavy (non-hydrogen) atoms. The smallest absolute Gasteiger partial charge is 0.242 e. The van der Waals surface area contributed by atoms with Crippen LogP contribution in [0.4, 0.5) is 5.69 Å². The predicted octanol–water partition coefficient (Wildman–Crippen LogP) is 0.841. The highest BCUT2D eigenvalue weighted by Gasteiger charge is 2.35. The van der Waals surface area contributed by atoms with Crippen LogP contribution in [0.5, 0.6) is 0 Å². The third kappa shape index (κ3) is 2.81. The molecule has 0 saturated carbocycles. The van der Waals surface area contributed by atoms with Crippen LogP contribution in [0.1, 0.15) is 6.42 Å². The lowest BCUT2D eigenvalue weighted by Crippen LogP contribution is -2.42. The van der Waals surface area contributed by atoms with E-state index < -0.39 is 9.84 Å². The van der Waals surface area contributed by atoms with Crippen molar-refractivity contribution < 1.29 is 13.2 Å². The van der Waals surface area contributed by atoms with Crippen molar-refractivity contribution in [3.63, 3.8) is 0 Å². The quantitative estimate of drug-likeness (QED) is 0.773. The number of nitrogens with zero attached hydrogens (tertiary/aromatic N) is 2. The first-order valence-corrected chi connectivity index (χ1v) is 7.87. The fourth-order valence-corrected chi connectivity index (χ4v) is 3.93. The highest BCUT2D eigenvalue weighted by atomic mass is 35.5. The zero-order chi connectivity index (χ0) is 13.2. The molecular weight excluding hydrogens is 276 g/mol. The Hall–Kier alpha value is -1.14. The highest BCUT2D eigenvalue weighted by molar-refractivity contribution is 7.91. The molecule has 1 aromatic heterocycles. The number of hydrogen-bond donors (Lipinski definition) is 0. The molecule has 2 rings (SSSR count). The molecule has 0 aliphatic carbocycles. The minimum absolute atomic E-state index is 0.00940. The summed E-state index contributed by atoms with van der Waals surface area (Å²) in [5, 5.41) is 0. The number of carbonyl (C=O) groups is 1. The summed E-state index contributed by atoms with van der Waals surface area (Å²) in [5.41, 5.74) is 0.588. The Kier molecular flexibility index (Phi) is 3.87. The number of anilines is 1. The molecule has 7 heteroatoms. The maximum Gasteiger partial charge on any atom is 0.242 e. The third-order valence-corrected chi connectivity index (χ3v) is 4.86. The van der Waals surface area contributed by atoms with E-state index in [-0.39, 0.29) is 29.3 Å². The van der Waals surface area contributed by atoms with Crippen molar-refractivity contribution in [1.29, 1.82) is 0 Å². The average Bonchev–Trinajstić information content (AvgIpc) is 2.71. The molecule has 0 bridgehead atoms. The largest absolute Gasteiger partial charge is 0.306 e. The number of pyridine rings is 1. The summed E-state index contributed by atoms with van der Waals surface area (Å²) < 4.78 is 23.0. The molecule has 1 saturated heterocycles. The van der Waals surface area contributed by atoms with E-state index in [9.17, 15) is 13.2 Å². The van der Waals surface area contributed by atoms with Gasteiger partial charge in [-0.05, 0) is 18.6 Å². The number of rotatable bonds is 3. The van der Waals surface area contributed by atoms with Crippen molar-refractivity contribution in [3.8, 4) is 0 Å². The van der Waals surface area contributed by atoms with E-state index >= 15 is 0 Å². The fourth-order valence-electron chi connectivity index (χ4n) is 2.10. The van der Waals surface area contributed by atoms with Gasteiger partial charge in [0.2, 0.25) is 5.91 Å². The Bertz CT molecular complexity index is 532. The summed E-state index contributed by atoms with van der Waals surface area (Å²) in [7, 11) is -3.05. The molecule has 1 aliphatic rings. The number of halogens is 1. The van der Waals surface area contributed by atoms with Gasteiger partial charge in [-0.25, -0.2) is 8.42 Å². The summed E-state index contributed by atoms with van der Waals surface area (Å²) in [6.07, 6.45) is 3.58. The van der Waals surface area contributed by atoms with E-state index in [1.165, 1.54) is 11.1 Å². The third-order valence-electron chi connectivity index (χ3n) is 2.88. The Morgan fingerprint density at radius 3 is 2.83 bits per heavy atom. The van der Waals surface area contributed by atoms with Gasteiger partial charge in [0.1, 0.15) is 5.88 Å². The molecule has 0 aromatic carbocycles. The zero-order valence-corrected chi connectivity index (χ0v) is 11.2. The van der Waals surface area contributed by atoms with Crippen LogP contribution in [0.2, 0.25) is 0 Å². The van der Waals surface area contributed by atoms with E-state index in [0.29, 0.717) is 12.1 Å². The second-order valence-electron chi connectivity index (χ2n) is 4.17. The zero-order valence-electron chi connectivity index (χ0n) is 9.62. The topological polar surface area (TPSA) is 67.3 Å². The normalized spacial score (nSPS) is 21.7. The summed E-state index contributed by atoms with van der Waals surface area (Å²) >= 11 is 5.59. The second-order valence-corrected chi connectivity index (χ2v) is 6.66. The average molecular weight is 289 g/mol. The molecule has 1 aliphatic heterocycles. The van der Waals surface area contributed by atoms with E-state index in [2.05, 4.69) is 4.98 Å². The van der Waals surface area contributed by atoms with E-state index in [1.807, 2.05) is 0 Å². The monoisotopic (exact) mass is 288 g/mol. The van der Waals surface area contributed by atoms with Crippen LogP contribution in [0.15, 0.2) is 24.5 Å². The van der Waals surface area contributed by atoms with Crippen molar-refractivity contribution in [2.45, 2.75) is 12.5 Å². The van der Waals surface area contributed by atoms with Crippen molar-refractivity contribution in [2.24, 2.45) is 0 Å². The molecule has 2 heterocycles. The first kappa shape index (κ1) is 13.3. The molecular formula is C11H13ClN2O3S. The van der Waals surface area contributed by atoms with Crippen LogP contribution < -0.4 is 4.90 Å². The molecule has 1 atom stereocenters. The molecule has 1 aromatic rings. The van der Waals surface area contributed by atoms with Crippen LogP contribution >= 0.6 is 11.6 Å². The first-order valence-electron chi connectivity index (χ1n) is 5.52. The Morgan fingerprint density at radius 2 is 2.33 bits per heavy atom. The van der Waals surface area contributed by atoms with Crippen LogP contribution in [0.3, 0.4) is 0 Å². The molecule has 1 amide bonds. The second kappa shape index (κ2) is 5.24. The Labute approximate surface area is 111 Å².